The Morgan fingerprint density at radius 2 is 1.15 bits per heavy atom. The number of benzene rings is 2. The molecule has 3 aliphatic heterocycles. The first-order valence-electron chi connectivity index (χ1n) is 27.3. The summed E-state index contributed by atoms with van der Waals surface area (Å²) in [7, 11) is -1.01. The van der Waals surface area contributed by atoms with Crippen molar-refractivity contribution >= 4 is 32.5 Å². The van der Waals surface area contributed by atoms with Crippen LogP contribution >= 0.6 is 0 Å². The van der Waals surface area contributed by atoms with Gasteiger partial charge in [-0.2, -0.15) is 0 Å². The molecule has 15 heteroatoms. The minimum absolute atomic E-state index is 0.0306. The third kappa shape index (κ3) is 9.43. The summed E-state index contributed by atoms with van der Waals surface area (Å²) in [6.45, 7) is 20.8. The Morgan fingerprint density at radius 1 is 0.662 bits per heavy atom. The molecule has 9 aliphatic carbocycles. The number of likely N-dealkylation sites (tertiary alicyclic amines) is 1. The number of nitrogens with one attached hydrogen (secondary N) is 2. The molecule has 384 valence electrons. The number of carbonyl (C=O) groups is 3. The predicted octanol–water partition coefficient (Wildman–Crippen LogP) is 9.48. The molecule has 9 saturated carbocycles. The normalized spacial score (nSPS) is 38.6. The van der Waals surface area contributed by atoms with E-state index in [0.717, 1.165) is 42.2 Å². The molecular weight excluding hydrogens is 896 g/mol. The van der Waals surface area contributed by atoms with E-state index in [2.05, 4.69) is 64.3 Å². The molecule has 2 N–H and O–H groups in total. The van der Waals surface area contributed by atoms with Crippen LogP contribution in [0.1, 0.15) is 125 Å². The Morgan fingerprint density at radius 3 is 1.61 bits per heavy atom. The van der Waals surface area contributed by atoms with Crippen LogP contribution < -0.4 is 10.6 Å². The Kier molecular flexibility index (Phi) is 12.7. The molecule has 0 aromatic heterocycles. The predicted molar refractivity (Wildman–Crippen MR) is 270 cm³/mol. The van der Waals surface area contributed by atoms with Crippen molar-refractivity contribution in [3.8, 4) is 0 Å². The van der Waals surface area contributed by atoms with Gasteiger partial charge >= 0.3 is 32.5 Å². The van der Waals surface area contributed by atoms with Crippen molar-refractivity contribution in [1.29, 1.82) is 0 Å². The van der Waals surface area contributed by atoms with E-state index in [1.807, 2.05) is 69.3 Å². The van der Waals surface area contributed by atoms with Crippen LogP contribution in [0.5, 0.6) is 0 Å². The number of hydrogen-bond acceptors (Lipinski definition) is 10. The number of carbonyl (C=O) groups excluding carboxylic acids is 3. The van der Waals surface area contributed by atoms with E-state index < -0.39 is 31.9 Å². The maximum atomic E-state index is 13.2. The molecule has 14 rings (SSSR count). The average molecular weight is 976 g/mol. The Bertz CT molecular complexity index is 2300. The smallest absolute Gasteiger partial charge is 0.449 e. The van der Waals surface area contributed by atoms with Gasteiger partial charge in [0.2, 0.25) is 0 Å². The average Bonchev–Trinajstić information content (AvgIpc) is 4.07. The SMILES string of the molecule is CC(C)(C)OC(=O)N1C[C@H]2C[C@H]2[C@@H]1COC(=O)N[C@@H](Cc1ccccc1)B1O[C@@H]2C[C@@H]3C[C@@H](C3(C)C)[C@]2(C)O1.CC1(C)[C@@H]2C[C@H]3OB([C@H](Cc4ccccc4)NC(=O)OC[C@@H]4CC[C@H]5C[C@@H]45)O[C@@]3(C)[C@H]1C2. The molecule has 3 saturated heterocycles. The van der Waals surface area contributed by atoms with Crippen LogP contribution in [0.3, 0.4) is 0 Å². The van der Waals surface area contributed by atoms with Gasteiger partial charge in [0.25, 0.3) is 0 Å². The molecule has 12 aliphatic rings. The Balaban J connectivity index is 0.000000157. The van der Waals surface area contributed by atoms with Crippen molar-refractivity contribution < 1.29 is 47.2 Å². The number of amides is 3. The fourth-order valence-corrected chi connectivity index (χ4v) is 15.4. The summed E-state index contributed by atoms with van der Waals surface area (Å²) in [6, 6.07) is 20.2. The number of hydrogen-bond donors (Lipinski definition) is 2. The van der Waals surface area contributed by atoms with E-state index in [-0.39, 0.29) is 59.6 Å². The summed E-state index contributed by atoms with van der Waals surface area (Å²) >= 11 is 0. The van der Waals surface area contributed by atoms with Crippen molar-refractivity contribution in [1.82, 2.24) is 15.5 Å². The minimum atomic E-state index is -0.567. The molecule has 71 heavy (non-hydrogen) atoms. The Hall–Kier alpha value is -3.78. The van der Waals surface area contributed by atoms with E-state index in [9.17, 15) is 14.4 Å². The first-order chi connectivity index (χ1) is 33.7. The number of alkyl carbamates (subject to hydrolysis) is 2. The van der Waals surface area contributed by atoms with E-state index in [1.54, 1.807) is 4.90 Å². The lowest BCUT2D eigenvalue weighted by Crippen LogP contribution is -2.65. The van der Waals surface area contributed by atoms with Crippen molar-refractivity contribution in [2.24, 2.45) is 64.1 Å². The van der Waals surface area contributed by atoms with Crippen molar-refractivity contribution in [2.75, 3.05) is 19.8 Å². The lowest BCUT2D eigenvalue weighted by atomic mass is 9.43. The number of piperidine rings is 1. The van der Waals surface area contributed by atoms with Crippen molar-refractivity contribution in [3.63, 3.8) is 0 Å². The summed E-state index contributed by atoms with van der Waals surface area (Å²) < 4.78 is 43.5. The Labute approximate surface area is 422 Å². The second-order valence-corrected chi connectivity index (χ2v) is 26.1. The van der Waals surface area contributed by atoms with E-state index in [4.69, 9.17) is 32.8 Å². The molecule has 0 radical (unpaired) electrons. The molecule has 13 nitrogen and oxygen atoms in total. The van der Waals surface area contributed by atoms with E-state index >= 15 is 0 Å². The monoisotopic (exact) mass is 976 g/mol. The molecule has 2 aromatic rings. The van der Waals surface area contributed by atoms with Crippen molar-refractivity contribution in [3.05, 3.63) is 71.8 Å². The summed E-state index contributed by atoms with van der Waals surface area (Å²) in [5.41, 5.74) is 1.58. The molecule has 3 amide bonds. The first-order valence-corrected chi connectivity index (χ1v) is 27.3. The summed E-state index contributed by atoms with van der Waals surface area (Å²) in [5.74, 6) is 4.71. The van der Waals surface area contributed by atoms with Gasteiger partial charge in [0.1, 0.15) is 12.2 Å². The van der Waals surface area contributed by atoms with Gasteiger partial charge in [-0.3, -0.25) is 0 Å². The number of fused-ring (bicyclic) bond motifs is 2. The molecule has 0 unspecified atom stereocenters. The quantitative estimate of drug-likeness (QED) is 0.156. The van der Waals surface area contributed by atoms with Crippen LogP contribution in [0.2, 0.25) is 0 Å². The molecule has 12 fully saturated rings. The van der Waals surface area contributed by atoms with Gasteiger partial charge in [0, 0.05) is 6.54 Å². The zero-order valence-corrected chi connectivity index (χ0v) is 43.7. The number of rotatable bonds is 12. The zero-order valence-electron chi connectivity index (χ0n) is 43.7. The third-order valence-electron chi connectivity index (χ3n) is 20.0. The lowest BCUT2D eigenvalue weighted by Gasteiger charge is -2.64. The highest BCUT2D eigenvalue weighted by molar-refractivity contribution is 6.48. The summed E-state index contributed by atoms with van der Waals surface area (Å²) in [5, 5.41) is 6.20. The minimum Gasteiger partial charge on any atom is -0.449 e. The second kappa shape index (κ2) is 18.3. The van der Waals surface area contributed by atoms with Gasteiger partial charge < -0.3 is 48.4 Å². The van der Waals surface area contributed by atoms with Gasteiger partial charge in [-0.15, -0.1) is 0 Å². The van der Waals surface area contributed by atoms with Gasteiger partial charge in [-0.1, -0.05) is 88.4 Å². The van der Waals surface area contributed by atoms with Crippen LogP contribution in [0.4, 0.5) is 14.4 Å². The lowest BCUT2D eigenvalue weighted by molar-refractivity contribution is -0.199. The topological polar surface area (TPSA) is 143 Å². The molecular formula is C56H79B2N3O10. The van der Waals surface area contributed by atoms with Gasteiger partial charge in [-0.05, 0) is 174 Å². The zero-order chi connectivity index (χ0) is 49.8. The molecule has 2 aromatic carbocycles. The number of ether oxygens (including phenoxy) is 3. The molecule has 16 atom stereocenters. The molecule has 3 heterocycles. The fourth-order valence-electron chi connectivity index (χ4n) is 15.4. The summed E-state index contributed by atoms with van der Waals surface area (Å²) in [6.07, 6.45) is 9.49. The van der Waals surface area contributed by atoms with Gasteiger partial charge in [0.15, 0.2) is 0 Å². The maximum absolute atomic E-state index is 13.2. The highest BCUT2D eigenvalue weighted by Gasteiger charge is 2.70. The highest BCUT2D eigenvalue weighted by atomic mass is 16.7. The molecule has 4 bridgehead atoms. The van der Waals surface area contributed by atoms with Crippen LogP contribution in [0.25, 0.3) is 0 Å². The summed E-state index contributed by atoms with van der Waals surface area (Å²) in [4.78, 5) is 40.5. The second-order valence-electron chi connectivity index (χ2n) is 26.1. The third-order valence-corrected chi connectivity index (χ3v) is 20.0. The standard InChI is InChI=1S/C30H43BN2O6.C26H36BNO4/c1-28(2,3)37-27(35)33-16-19-13-21(19)22(33)17-36-26(34)32-25(12-18-10-8-7-9-11-18)31-38-24-15-20-14-23(29(20,4)5)30(24,6)39-31;1-25(2)19-13-21(25)26(3)22(14-19)31-27(32-26)23(11-16-7-5-4-6-8-16)28-24(29)30-15-18-10-9-17-12-20(17)18/h7-11,19-25H,12-17H2,1-6H3,(H,32,34);4-8,17-23H,9-15H2,1-3H3,(H,28,29)/t19-,20+,21-,22+,23+,24-,25+,30+;17-,18-,19-,20+,21-,22+,23-,26-/m10/s1. The van der Waals surface area contributed by atoms with E-state index in [0.29, 0.717) is 72.8 Å². The van der Waals surface area contributed by atoms with Crippen molar-refractivity contribution in [2.45, 2.75) is 173 Å². The highest BCUT2D eigenvalue weighted by Crippen LogP contribution is 2.67. The van der Waals surface area contributed by atoms with Crippen LogP contribution in [0, 0.1) is 64.1 Å². The van der Waals surface area contributed by atoms with E-state index in [1.165, 1.54) is 32.1 Å². The van der Waals surface area contributed by atoms with Gasteiger partial charge in [0.05, 0.1) is 47.9 Å². The van der Waals surface area contributed by atoms with Gasteiger partial charge in [-0.25, -0.2) is 14.4 Å². The maximum Gasteiger partial charge on any atom is 0.482 e. The molecule has 0 spiro atoms. The number of nitrogens with zero attached hydrogens (tertiary/aromatic N) is 1. The van der Waals surface area contributed by atoms with Crippen LogP contribution in [-0.4, -0.2) is 104 Å². The van der Waals surface area contributed by atoms with Crippen LogP contribution in [0.15, 0.2) is 60.7 Å². The largest absolute Gasteiger partial charge is 0.482 e. The van der Waals surface area contributed by atoms with Crippen LogP contribution in [-0.2, 0) is 45.7 Å². The first kappa shape index (κ1) is 49.4. The fraction of sp³-hybridized carbons (Fsp3) is 0.732.